The summed E-state index contributed by atoms with van der Waals surface area (Å²) in [4.78, 5) is 15.0. The van der Waals surface area contributed by atoms with Crippen LogP contribution in [-0.2, 0) is 11.2 Å². The molecule has 2 aromatic rings. The Balaban J connectivity index is 1.53. The van der Waals surface area contributed by atoms with E-state index in [-0.39, 0.29) is 17.9 Å². The van der Waals surface area contributed by atoms with Gasteiger partial charge in [-0.1, -0.05) is 16.8 Å². The largest absolute Gasteiger partial charge is 0.492 e. The van der Waals surface area contributed by atoms with Gasteiger partial charge in [0.05, 0.1) is 12.0 Å². The molecule has 2 unspecified atom stereocenters. The van der Waals surface area contributed by atoms with E-state index in [1.165, 1.54) is 0 Å². The second-order valence-corrected chi connectivity index (χ2v) is 6.95. The molecule has 2 aliphatic rings. The van der Waals surface area contributed by atoms with Gasteiger partial charge in [0, 0.05) is 17.6 Å². The minimum Gasteiger partial charge on any atom is -0.492 e. The zero-order chi connectivity index (χ0) is 16.7. The Labute approximate surface area is 145 Å². The van der Waals surface area contributed by atoms with Crippen molar-refractivity contribution in [1.82, 2.24) is 10.1 Å². The molecule has 0 aliphatic carbocycles. The topological polar surface area (TPSA) is 55.6 Å². The van der Waals surface area contributed by atoms with Crippen molar-refractivity contribution < 1.29 is 14.1 Å². The predicted molar refractivity (Wildman–Crippen MR) is 89.1 cm³/mol. The Bertz CT molecular complexity index is 773. The summed E-state index contributed by atoms with van der Waals surface area (Å²) in [7, 11) is 0. The van der Waals surface area contributed by atoms with E-state index in [9.17, 15) is 4.79 Å². The number of carbonyl (C=O) groups is 1. The molecular formula is C18H19ClN2O3. The number of carbonyl (C=O) groups excluding carboxylic acids is 1. The lowest BCUT2D eigenvalue weighted by molar-refractivity contribution is -0.138. The number of likely N-dealkylation sites (tertiary alicyclic amines) is 1. The quantitative estimate of drug-likeness (QED) is 0.834. The van der Waals surface area contributed by atoms with Crippen LogP contribution < -0.4 is 4.74 Å². The molecule has 24 heavy (non-hydrogen) atoms. The van der Waals surface area contributed by atoms with Crippen LogP contribution in [0, 0.1) is 12.8 Å². The van der Waals surface area contributed by atoms with Crippen LogP contribution >= 0.6 is 11.6 Å². The van der Waals surface area contributed by atoms with Gasteiger partial charge in [0.2, 0.25) is 5.91 Å². The number of nitrogens with zero attached hydrogens (tertiary/aromatic N) is 2. The van der Waals surface area contributed by atoms with E-state index in [1.54, 1.807) is 0 Å². The molecule has 1 aromatic carbocycles. The van der Waals surface area contributed by atoms with Crippen molar-refractivity contribution in [3.63, 3.8) is 0 Å². The standard InChI is InChI=1S/C18H19ClN2O3/c1-11-7-15(20-24-11)16-3-2-6-21(16)18(22)13-8-12-9-14(19)4-5-17(12)23-10-13/h4-5,7,9,13,16H,2-3,6,8,10H2,1H3. The maximum absolute atomic E-state index is 13.0. The molecular weight excluding hydrogens is 328 g/mol. The number of hydrogen-bond donors (Lipinski definition) is 0. The third kappa shape index (κ3) is 2.77. The van der Waals surface area contributed by atoms with Crippen LogP contribution in [0.25, 0.3) is 0 Å². The van der Waals surface area contributed by atoms with Crippen LogP contribution in [0.5, 0.6) is 5.75 Å². The van der Waals surface area contributed by atoms with Crippen LogP contribution in [0.2, 0.25) is 5.02 Å². The summed E-state index contributed by atoms with van der Waals surface area (Å²) < 4.78 is 11.0. The molecule has 1 fully saturated rings. The van der Waals surface area contributed by atoms with Crippen LogP contribution in [-0.4, -0.2) is 29.1 Å². The van der Waals surface area contributed by atoms with Gasteiger partial charge in [-0.3, -0.25) is 4.79 Å². The average molecular weight is 347 g/mol. The van der Waals surface area contributed by atoms with Gasteiger partial charge in [-0.2, -0.15) is 0 Å². The lowest BCUT2D eigenvalue weighted by Crippen LogP contribution is -2.40. The van der Waals surface area contributed by atoms with Gasteiger partial charge in [0.15, 0.2) is 0 Å². The molecule has 6 heteroatoms. The summed E-state index contributed by atoms with van der Waals surface area (Å²) in [6.45, 7) is 3.04. The Morgan fingerprint density at radius 3 is 3.04 bits per heavy atom. The molecule has 0 saturated carbocycles. The monoisotopic (exact) mass is 346 g/mol. The highest BCUT2D eigenvalue weighted by atomic mass is 35.5. The van der Waals surface area contributed by atoms with E-state index >= 15 is 0 Å². The third-order valence-electron chi connectivity index (χ3n) is 4.80. The van der Waals surface area contributed by atoms with Crippen molar-refractivity contribution in [2.75, 3.05) is 13.2 Å². The van der Waals surface area contributed by atoms with Gasteiger partial charge in [-0.15, -0.1) is 0 Å². The van der Waals surface area contributed by atoms with E-state index in [1.807, 2.05) is 36.1 Å². The van der Waals surface area contributed by atoms with Crippen LogP contribution in [0.15, 0.2) is 28.8 Å². The van der Waals surface area contributed by atoms with Crippen LogP contribution in [0.4, 0.5) is 0 Å². The Hall–Kier alpha value is -2.01. The van der Waals surface area contributed by atoms with Gasteiger partial charge in [-0.05, 0) is 49.9 Å². The van der Waals surface area contributed by atoms with Gasteiger partial charge in [-0.25, -0.2) is 0 Å². The summed E-state index contributed by atoms with van der Waals surface area (Å²) in [6.07, 6.45) is 2.57. The normalized spacial score (nSPS) is 23.0. The lowest BCUT2D eigenvalue weighted by atomic mass is 9.95. The fraction of sp³-hybridized carbons (Fsp3) is 0.444. The molecule has 2 aliphatic heterocycles. The smallest absolute Gasteiger partial charge is 0.230 e. The Morgan fingerprint density at radius 1 is 1.38 bits per heavy atom. The summed E-state index contributed by atoms with van der Waals surface area (Å²) in [6, 6.07) is 7.50. The molecule has 0 radical (unpaired) electrons. The number of aryl methyl sites for hydroxylation is 1. The van der Waals surface area contributed by atoms with Crippen LogP contribution in [0.3, 0.4) is 0 Å². The number of rotatable bonds is 2. The van der Waals surface area contributed by atoms with E-state index in [0.717, 1.165) is 42.2 Å². The Kier molecular flexibility index (Phi) is 3.96. The summed E-state index contributed by atoms with van der Waals surface area (Å²) in [5.41, 5.74) is 1.85. The van der Waals surface area contributed by atoms with Crippen molar-refractivity contribution in [2.24, 2.45) is 5.92 Å². The number of amides is 1. The van der Waals surface area contributed by atoms with Crippen molar-refractivity contribution >= 4 is 17.5 Å². The fourth-order valence-electron chi connectivity index (χ4n) is 3.64. The highest BCUT2D eigenvalue weighted by Gasteiger charge is 2.37. The highest BCUT2D eigenvalue weighted by Crippen LogP contribution is 2.35. The van der Waals surface area contributed by atoms with Gasteiger partial charge in [0.25, 0.3) is 0 Å². The molecule has 3 heterocycles. The van der Waals surface area contributed by atoms with E-state index in [0.29, 0.717) is 18.1 Å². The molecule has 2 atom stereocenters. The first-order chi connectivity index (χ1) is 11.6. The number of hydrogen-bond acceptors (Lipinski definition) is 4. The molecule has 0 N–H and O–H groups in total. The third-order valence-corrected chi connectivity index (χ3v) is 5.04. The second-order valence-electron chi connectivity index (χ2n) is 6.52. The molecule has 1 amide bonds. The molecule has 0 bridgehead atoms. The second kappa shape index (κ2) is 6.13. The maximum atomic E-state index is 13.0. The van der Waals surface area contributed by atoms with Gasteiger partial charge >= 0.3 is 0 Å². The van der Waals surface area contributed by atoms with E-state index in [4.69, 9.17) is 20.9 Å². The van der Waals surface area contributed by atoms with E-state index < -0.39 is 0 Å². The summed E-state index contributed by atoms with van der Waals surface area (Å²) in [5.74, 6) is 1.55. The SMILES string of the molecule is Cc1cc(C2CCCN2C(=O)C2COc3ccc(Cl)cc3C2)no1. The molecule has 4 rings (SSSR count). The lowest BCUT2D eigenvalue weighted by Gasteiger charge is -2.30. The number of fused-ring (bicyclic) bond motifs is 1. The predicted octanol–water partition coefficient (Wildman–Crippen LogP) is 3.55. The van der Waals surface area contributed by atoms with Crippen molar-refractivity contribution in [2.45, 2.75) is 32.2 Å². The summed E-state index contributed by atoms with van der Waals surface area (Å²) >= 11 is 6.07. The summed E-state index contributed by atoms with van der Waals surface area (Å²) in [5, 5.41) is 4.77. The maximum Gasteiger partial charge on any atom is 0.230 e. The number of halogens is 1. The van der Waals surface area contributed by atoms with Crippen LogP contribution in [0.1, 0.15) is 35.9 Å². The minimum atomic E-state index is -0.176. The van der Waals surface area contributed by atoms with Crippen molar-refractivity contribution in [3.8, 4) is 5.75 Å². The van der Waals surface area contributed by atoms with E-state index in [2.05, 4.69) is 5.16 Å². The fourth-order valence-corrected chi connectivity index (χ4v) is 3.83. The number of benzene rings is 1. The molecule has 1 saturated heterocycles. The zero-order valence-corrected chi connectivity index (χ0v) is 14.3. The minimum absolute atomic E-state index is 0.00992. The Morgan fingerprint density at radius 2 is 2.25 bits per heavy atom. The number of ether oxygens (including phenoxy) is 1. The highest BCUT2D eigenvalue weighted by molar-refractivity contribution is 6.30. The van der Waals surface area contributed by atoms with Crippen molar-refractivity contribution in [3.05, 3.63) is 46.3 Å². The molecule has 0 spiro atoms. The first-order valence-corrected chi connectivity index (χ1v) is 8.64. The first-order valence-electron chi connectivity index (χ1n) is 8.27. The van der Waals surface area contributed by atoms with Gasteiger partial charge in [0.1, 0.15) is 23.8 Å². The zero-order valence-electron chi connectivity index (χ0n) is 13.5. The first kappa shape index (κ1) is 15.5. The molecule has 1 aromatic heterocycles. The number of aromatic nitrogens is 1. The molecule has 5 nitrogen and oxygen atoms in total. The van der Waals surface area contributed by atoms with Gasteiger partial charge < -0.3 is 14.2 Å². The molecule has 126 valence electrons. The average Bonchev–Trinajstić information content (AvgIpc) is 3.22. The van der Waals surface area contributed by atoms with Crippen molar-refractivity contribution in [1.29, 1.82) is 0 Å².